The minimum Gasteiger partial charge on any atom is -0.350 e. The Labute approximate surface area is 188 Å². The maximum atomic E-state index is 12.5. The summed E-state index contributed by atoms with van der Waals surface area (Å²) in [6.45, 7) is 3.25. The number of nitro groups is 1. The van der Waals surface area contributed by atoms with Crippen LogP contribution < -0.4 is 5.32 Å². The van der Waals surface area contributed by atoms with Gasteiger partial charge in [-0.25, -0.2) is 4.98 Å². The number of non-ortho nitro benzene ring substituents is 1. The highest BCUT2D eigenvalue weighted by atomic mass is 32.2. The van der Waals surface area contributed by atoms with Crippen LogP contribution >= 0.6 is 11.8 Å². The first-order valence-corrected chi connectivity index (χ1v) is 11.5. The zero-order valence-corrected chi connectivity index (χ0v) is 18.5. The van der Waals surface area contributed by atoms with Crippen LogP contribution in [0, 0.1) is 10.1 Å². The lowest BCUT2D eigenvalue weighted by Crippen LogP contribution is -2.25. The summed E-state index contributed by atoms with van der Waals surface area (Å²) in [4.78, 5) is 30.6. The largest absolute Gasteiger partial charge is 0.350 e. The van der Waals surface area contributed by atoms with Gasteiger partial charge in [0.05, 0.1) is 4.92 Å². The third kappa shape index (κ3) is 4.22. The first-order chi connectivity index (χ1) is 15.5. The lowest BCUT2D eigenvalue weighted by atomic mass is 10.00. The Kier molecular flexibility index (Phi) is 6.22. The van der Waals surface area contributed by atoms with Crippen LogP contribution in [0.25, 0.3) is 33.4 Å². The Balaban J connectivity index is 1.78. The number of fused-ring (bicyclic) bond motifs is 1. The van der Waals surface area contributed by atoms with Crippen molar-refractivity contribution in [3.8, 4) is 22.4 Å². The number of nitro benzene ring substituents is 1. The highest BCUT2D eigenvalue weighted by molar-refractivity contribution is 7.98. The number of carbonyl (C=O) groups is 1. The van der Waals surface area contributed by atoms with Crippen LogP contribution in [0.4, 0.5) is 5.69 Å². The molecule has 3 aromatic heterocycles. The van der Waals surface area contributed by atoms with E-state index in [1.165, 1.54) is 12.1 Å². The van der Waals surface area contributed by atoms with Gasteiger partial charge in [0.25, 0.3) is 11.6 Å². The normalized spacial score (nSPS) is 11.1. The van der Waals surface area contributed by atoms with Crippen molar-refractivity contribution in [1.82, 2.24) is 25.1 Å². The van der Waals surface area contributed by atoms with Gasteiger partial charge in [-0.15, -0.1) is 0 Å². The van der Waals surface area contributed by atoms with Gasteiger partial charge in [0, 0.05) is 59.9 Å². The molecule has 1 amide bonds. The average molecular weight is 451 g/mol. The number of rotatable bonds is 8. The number of thioether (sulfide) groups is 1. The topological polar surface area (TPSA) is 119 Å². The second-order valence-electron chi connectivity index (χ2n) is 7.10. The van der Waals surface area contributed by atoms with E-state index in [2.05, 4.69) is 20.4 Å². The molecular weight excluding hydrogens is 428 g/mol. The summed E-state index contributed by atoms with van der Waals surface area (Å²) in [6.07, 6.45) is 5.62. The molecule has 10 heteroatoms. The Morgan fingerprint density at radius 2 is 2.03 bits per heavy atom. The molecule has 0 aliphatic carbocycles. The van der Waals surface area contributed by atoms with Gasteiger partial charge in [-0.2, -0.15) is 16.9 Å². The fourth-order valence-corrected chi connectivity index (χ4v) is 3.79. The molecule has 0 saturated heterocycles. The number of hydrogen-bond donors (Lipinski definition) is 2. The van der Waals surface area contributed by atoms with Gasteiger partial charge >= 0.3 is 0 Å². The highest BCUT2D eigenvalue weighted by Crippen LogP contribution is 2.35. The maximum Gasteiger partial charge on any atom is 0.269 e. The van der Waals surface area contributed by atoms with Crippen LogP contribution in [0.3, 0.4) is 0 Å². The number of carbonyl (C=O) groups excluding carboxylic acids is 1. The molecule has 0 bridgehead atoms. The third-order valence-corrected chi connectivity index (χ3v) is 5.71. The van der Waals surface area contributed by atoms with Gasteiger partial charge in [0.15, 0.2) is 0 Å². The van der Waals surface area contributed by atoms with Gasteiger partial charge < -0.3 is 10.3 Å². The van der Waals surface area contributed by atoms with Crippen molar-refractivity contribution in [3.63, 3.8) is 0 Å². The fourth-order valence-electron chi connectivity index (χ4n) is 3.48. The van der Waals surface area contributed by atoms with Gasteiger partial charge in [0.1, 0.15) is 17.0 Å². The summed E-state index contributed by atoms with van der Waals surface area (Å²) in [5.74, 6) is 0.660. The molecule has 0 fully saturated rings. The molecule has 4 aromatic rings. The SMILES string of the molecule is CCn1cc(-c2ccnc3[nH]c(C(=O)NCCSC)cc23)c(-c2ccc([N+](=O)[O-])cc2)n1. The summed E-state index contributed by atoms with van der Waals surface area (Å²) in [7, 11) is 0. The molecule has 32 heavy (non-hydrogen) atoms. The van der Waals surface area contributed by atoms with Crippen LogP contribution in [-0.2, 0) is 6.54 Å². The fraction of sp³-hybridized carbons (Fsp3) is 0.227. The number of benzene rings is 1. The molecule has 0 unspecified atom stereocenters. The predicted octanol–water partition coefficient (Wildman–Crippen LogP) is 4.11. The number of aryl methyl sites for hydroxylation is 1. The van der Waals surface area contributed by atoms with E-state index in [1.807, 2.05) is 30.1 Å². The molecule has 2 N–H and O–H groups in total. The number of amides is 1. The second kappa shape index (κ2) is 9.23. The Morgan fingerprint density at radius 3 is 2.72 bits per heavy atom. The summed E-state index contributed by atoms with van der Waals surface area (Å²) in [5.41, 5.74) is 4.30. The van der Waals surface area contributed by atoms with Crippen molar-refractivity contribution in [2.45, 2.75) is 13.5 Å². The lowest BCUT2D eigenvalue weighted by molar-refractivity contribution is -0.384. The smallest absolute Gasteiger partial charge is 0.269 e. The number of H-pyrrole nitrogens is 1. The zero-order chi connectivity index (χ0) is 22.7. The van der Waals surface area contributed by atoms with E-state index in [4.69, 9.17) is 0 Å². The molecule has 0 aliphatic rings. The number of nitrogens with zero attached hydrogens (tertiary/aromatic N) is 4. The number of aromatic nitrogens is 4. The summed E-state index contributed by atoms with van der Waals surface area (Å²) >= 11 is 1.67. The second-order valence-corrected chi connectivity index (χ2v) is 8.09. The molecule has 9 nitrogen and oxygen atoms in total. The van der Waals surface area contributed by atoms with E-state index in [0.29, 0.717) is 30.1 Å². The number of pyridine rings is 1. The number of aromatic amines is 1. The van der Waals surface area contributed by atoms with Crippen molar-refractivity contribution in [2.75, 3.05) is 18.6 Å². The van der Waals surface area contributed by atoms with Crippen LogP contribution in [-0.4, -0.2) is 49.1 Å². The molecule has 0 radical (unpaired) electrons. The molecule has 3 heterocycles. The minimum absolute atomic E-state index is 0.0271. The highest BCUT2D eigenvalue weighted by Gasteiger charge is 2.19. The summed E-state index contributed by atoms with van der Waals surface area (Å²) < 4.78 is 1.82. The van der Waals surface area contributed by atoms with Gasteiger partial charge in [-0.1, -0.05) is 0 Å². The minimum atomic E-state index is -0.423. The van der Waals surface area contributed by atoms with E-state index < -0.39 is 4.92 Å². The standard InChI is InChI=1S/C22H22N6O3S/c1-3-27-13-18(20(26-27)14-4-6-15(7-5-14)28(30)31)16-8-9-23-21-17(16)12-19(25-21)22(29)24-10-11-32-2/h4-9,12-13H,3,10-11H2,1-2H3,(H,23,25)(H,24,29). The average Bonchev–Trinajstić information content (AvgIpc) is 3.43. The van der Waals surface area contributed by atoms with Crippen molar-refractivity contribution in [3.05, 3.63) is 64.6 Å². The van der Waals surface area contributed by atoms with Crippen molar-refractivity contribution < 1.29 is 9.72 Å². The lowest BCUT2D eigenvalue weighted by Gasteiger charge is -2.04. The monoisotopic (exact) mass is 450 g/mol. The van der Waals surface area contributed by atoms with Crippen LogP contribution in [0.5, 0.6) is 0 Å². The zero-order valence-electron chi connectivity index (χ0n) is 17.7. The van der Waals surface area contributed by atoms with Crippen LogP contribution in [0.1, 0.15) is 17.4 Å². The first-order valence-electron chi connectivity index (χ1n) is 10.1. The van der Waals surface area contributed by atoms with E-state index in [1.54, 1.807) is 36.2 Å². The molecule has 0 atom stereocenters. The van der Waals surface area contributed by atoms with Crippen molar-refractivity contribution >= 4 is 34.4 Å². The molecule has 4 rings (SSSR count). The van der Waals surface area contributed by atoms with E-state index in [-0.39, 0.29) is 11.6 Å². The maximum absolute atomic E-state index is 12.5. The summed E-state index contributed by atoms with van der Waals surface area (Å²) in [6, 6.07) is 10.0. The molecule has 0 aliphatic heterocycles. The number of nitrogens with one attached hydrogen (secondary N) is 2. The number of hydrogen-bond acceptors (Lipinski definition) is 6. The molecule has 0 spiro atoms. The molecule has 0 saturated carbocycles. The predicted molar refractivity (Wildman–Crippen MR) is 126 cm³/mol. The van der Waals surface area contributed by atoms with Crippen LogP contribution in [0.15, 0.2) is 48.8 Å². The van der Waals surface area contributed by atoms with Gasteiger partial charge in [0.2, 0.25) is 0 Å². The summed E-state index contributed by atoms with van der Waals surface area (Å²) in [5, 5.41) is 19.4. The third-order valence-electron chi connectivity index (χ3n) is 5.10. The first kappa shape index (κ1) is 21.6. The van der Waals surface area contributed by atoms with E-state index in [9.17, 15) is 14.9 Å². The van der Waals surface area contributed by atoms with E-state index >= 15 is 0 Å². The molecule has 1 aromatic carbocycles. The van der Waals surface area contributed by atoms with E-state index in [0.717, 1.165) is 27.8 Å². The van der Waals surface area contributed by atoms with Gasteiger partial charge in [-0.05, 0) is 43.0 Å². The van der Waals surface area contributed by atoms with Crippen LogP contribution in [0.2, 0.25) is 0 Å². The van der Waals surface area contributed by atoms with Gasteiger partial charge in [-0.3, -0.25) is 19.6 Å². The Hall–Kier alpha value is -3.66. The van der Waals surface area contributed by atoms with Crippen molar-refractivity contribution in [2.24, 2.45) is 0 Å². The molecule has 164 valence electrons. The Morgan fingerprint density at radius 1 is 1.25 bits per heavy atom. The quantitative estimate of drug-likeness (QED) is 0.237. The van der Waals surface area contributed by atoms with Crippen molar-refractivity contribution in [1.29, 1.82) is 0 Å². The Bertz CT molecular complexity index is 1280. The molecular formula is C22H22N6O3S.